The third-order valence-electron chi connectivity index (χ3n) is 2.26. The van der Waals surface area contributed by atoms with Gasteiger partial charge in [0, 0.05) is 16.6 Å². The Morgan fingerprint density at radius 1 is 1.40 bits per heavy atom. The first kappa shape index (κ1) is 9.58. The minimum Gasteiger partial charge on any atom is -0.507 e. The minimum atomic E-state index is -0.891. The van der Waals surface area contributed by atoms with Gasteiger partial charge in [0.15, 0.2) is 0 Å². The summed E-state index contributed by atoms with van der Waals surface area (Å²) in [6.45, 7) is 1.87. The Hall–Kier alpha value is -1.97. The molecule has 4 nitrogen and oxygen atoms in total. The number of hydrogen-bond acceptors (Lipinski definition) is 2. The van der Waals surface area contributed by atoms with E-state index in [1.807, 2.05) is 13.0 Å². The summed E-state index contributed by atoms with van der Waals surface area (Å²) in [6.07, 6.45) is -0.0623. The first-order chi connectivity index (χ1) is 7.06. The van der Waals surface area contributed by atoms with Gasteiger partial charge in [-0.25, -0.2) is 0 Å². The smallest absolute Gasteiger partial charge is 0.309 e. The predicted octanol–water partition coefficient (Wildman–Crippen LogP) is 1.81. The molecule has 2 aromatic rings. The van der Waals surface area contributed by atoms with Gasteiger partial charge in [0.1, 0.15) is 5.75 Å². The van der Waals surface area contributed by atoms with Gasteiger partial charge in [-0.2, -0.15) is 0 Å². The second-order valence-electron chi connectivity index (χ2n) is 3.61. The highest BCUT2D eigenvalue weighted by molar-refractivity contribution is 5.88. The number of aromatic hydroxyl groups is 1. The normalized spacial score (nSPS) is 10.7. The zero-order valence-electron chi connectivity index (χ0n) is 8.24. The highest BCUT2D eigenvalue weighted by atomic mass is 16.4. The zero-order chi connectivity index (χ0) is 11.0. The molecule has 0 aliphatic heterocycles. The fraction of sp³-hybridized carbons (Fsp3) is 0.182. The first-order valence-corrected chi connectivity index (χ1v) is 4.59. The van der Waals surface area contributed by atoms with Crippen LogP contribution in [0, 0.1) is 6.92 Å². The molecule has 3 N–H and O–H groups in total. The predicted molar refractivity (Wildman–Crippen MR) is 56.0 cm³/mol. The number of aromatic amines is 1. The van der Waals surface area contributed by atoms with Crippen molar-refractivity contribution in [3.63, 3.8) is 0 Å². The highest BCUT2D eigenvalue weighted by Crippen LogP contribution is 2.27. The number of carboxylic acid groups (broad SMARTS) is 1. The fourth-order valence-corrected chi connectivity index (χ4v) is 1.68. The molecule has 4 heteroatoms. The molecule has 0 aliphatic carbocycles. The molecule has 0 amide bonds. The van der Waals surface area contributed by atoms with Crippen molar-refractivity contribution in [3.05, 3.63) is 29.5 Å². The van der Waals surface area contributed by atoms with Crippen LogP contribution < -0.4 is 0 Å². The second-order valence-corrected chi connectivity index (χ2v) is 3.61. The Kier molecular flexibility index (Phi) is 2.11. The molecular formula is C11H11NO3. The molecule has 0 spiro atoms. The molecule has 0 unspecified atom stereocenters. The van der Waals surface area contributed by atoms with E-state index in [4.69, 9.17) is 5.11 Å². The van der Waals surface area contributed by atoms with Crippen LogP contribution >= 0.6 is 0 Å². The van der Waals surface area contributed by atoms with Gasteiger partial charge in [0.05, 0.1) is 6.42 Å². The van der Waals surface area contributed by atoms with Crippen molar-refractivity contribution < 1.29 is 15.0 Å². The minimum absolute atomic E-state index is 0.0623. The van der Waals surface area contributed by atoms with Crippen LogP contribution in [-0.2, 0) is 11.2 Å². The molecule has 0 saturated carbocycles. The topological polar surface area (TPSA) is 73.3 Å². The molecule has 1 aromatic heterocycles. The maximum absolute atomic E-state index is 10.5. The Morgan fingerprint density at radius 2 is 2.13 bits per heavy atom. The summed E-state index contributed by atoms with van der Waals surface area (Å²) >= 11 is 0. The number of aryl methyl sites for hydroxylation is 1. The van der Waals surface area contributed by atoms with Crippen LogP contribution in [0.1, 0.15) is 11.3 Å². The maximum Gasteiger partial charge on any atom is 0.309 e. The number of rotatable bonds is 2. The summed E-state index contributed by atoms with van der Waals surface area (Å²) in [5, 5.41) is 18.9. The van der Waals surface area contributed by atoms with E-state index in [0.717, 1.165) is 11.1 Å². The van der Waals surface area contributed by atoms with Crippen molar-refractivity contribution in [2.24, 2.45) is 0 Å². The quantitative estimate of drug-likeness (QED) is 0.700. The Balaban J connectivity index is 2.55. The Bertz CT molecular complexity index is 528. The maximum atomic E-state index is 10.5. The molecule has 0 fully saturated rings. The number of carbonyl (C=O) groups is 1. The lowest BCUT2D eigenvalue weighted by atomic mass is 10.1. The number of phenols is 1. The molecule has 1 heterocycles. The molecule has 0 radical (unpaired) electrons. The van der Waals surface area contributed by atoms with E-state index in [2.05, 4.69) is 4.98 Å². The molecule has 15 heavy (non-hydrogen) atoms. The molecule has 2 rings (SSSR count). The van der Waals surface area contributed by atoms with Crippen LogP contribution in [0.5, 0.6) is 5.75 Å². The molecule has 0 atom stereocenters. The monoisotopic (exact) mass is 205 g/mol. The van der Waals surface area contributed by atoms with Crippen LogP contribution in [0.25, 0.3) is 10.9 Å². The van der Waals surface area contributed by atoms with Gasteiger partial charge in [-0.1, -0.05) is 0 Å². The summed E-state index contributed by atoms with van der Waals surface area (Å²) in [5.41, 5.74) is 2.30. The third kappa shape index (κ3) is 1.79. The van der Waals surface area contributed by atoms with Crippen molar-refractivity contribution in [2.45, 2.75) is 13.3 Å². The van der Waals surface area contributed by atoms with E-state index in [1.165, 1.54) is 0 Å². The van der Waals surface area contributed by atoms with E-state index in [-0.39, 0.29) is 12.2 Å². The van der Waals surface area contributed by atoms with Crippen LogP contribution in [0.15, 0.2) is 18.2 Å². The van der Waals surface area contributed by atoms with Crippen molar-refractivity contribution in [1.29, 1.82) is 0 Å². The number of hydrogen-bond donors (Lipinski definition) is 3. The van der Waals surface area contributed by atoms with Gasteiger partial charge in [-0.15, -0.1) is 0 Å². The molecule has 0 saturated heterocycles. The number of benzene rings is 1. The van der Waals surface area contributed by atoms with E-state index >= 15 is 0 Å². The average Bonchev–Trinajstić information content (AvgIpc) is 2.45. The first-order valence-electron chi connectivity index (χ1n) is 4.59. The number of H-pyrrole nitrogens is 1. The SMILES string of the molecule is Cc1cc(O)c2cc(CC(=O)O)[nH]c2c1. The van der Waals surface area contributed by atoms with Gasteiger partial charge in [-0.05, 0) is 30.7 Å². The van der Waals surface area contributed by atoms with Crippen LogP contribution in [0.4, 0.5) is 0 Å². The largest absolute Gasteiger partial charge is 0.507 e. The Labute approximate surface area is 86.2 Å². The van der Waals surface area contributed by atoms with E-state index < -0.39 is 5.97 Å². The van der Waals surface area contributed by atoms with Crippen molar-refractivity contribution in [2.75, 3.05) is 0 Å². The standard InChI is InChI=1S/C11H11NO3/c1-6-2-9-8(10(13)3-6)4-7(12-9)5-11(14)15/h2-4,12-13H,5H2,1H3,(H,14,15). The number of phenolic OH excluding ortho intramolecular Hbond substituents is 1. The third-order valence-corrected chi connectivity index (χ3v) is 2.26. The molecule has 0 bridgehead atoms. The molecule has 1 aromatic carbocycles. The van der Waals surface area contributed by atoms with E-state index in [0.29, 0.717) is 11.1 Å². The summed E-state index contributed by atoms with van der Waals surface area (Å²) in [6, 6.07) is 5.19. The lowest BCUT2D eigenvalue weighted by Gasteiger charge is -1.96. The summed E-state index contributed by atoms with van der Waals surface area (Å²) in [5.74, 6) is -0.712. The molecule has 78 valence electrons. The van der Waals surface area contributed by atoms with E-state index in [1.54, 1.807) is 12.1 Å². The summed E-state index contributed by atoms with van der Waals surface area (Å²) in [4.78, 5) is 13.5. The number of aliphatic carboxylic acids is 1. The van der Waals surface area contributed by atoms with Gasteiger partial charge < -0.3 is 15.2 Å². The number of aromatic nitrogens is 1. The average molecular weight is 205 g/mol. The van der Waals surface area contributed by atoms with Gasteiger partial charge >= 0.3 is 5.97 Å². The molecule has 0 aliphatic rings. The lowest BCUT2D eigenvalue weighted by molar-refractivity contribution is -0.136. The van der Waals surface area contributed by atoms with Crippen molar-refractivity contribution in [3.8, 4) is 5.75 Å². The van der Waals surface area contributed by atoms with E-state index in [9.17, 15) is 9.90 Å². The van der Waals surface area contributed by atoms with Crippen molar-refractivity contribution in [1.82, 2.24) is 4.98 Å². The zero-order valence-corrected chi connectivity index (χ0v) is 8.24. The number of nitrogens with one attached hydrogen (secondary N) is 1. The van der Waals surface area contributed by atoms with Gasteiger partial charge in [0.25, 0.3) is 0 Å². The summed E-state index contributed by atoms with van der Waals surface area (Å²) < 4.78 is 0. The Morgan fingerprint density at radius 3 is 2.80 bits per heavy atom. The van der Waals surface area contributed by atoms with Crippen LogP contribution in [0.2, 0.25) is 0 Å². The van der Waals surface area contributed by atoms with Crippen LogP contribution in [-0.4, -0.2) is 21.2 Å². The lowest BCUT2D eigenvalue weighted by Crippen LogP contribution is -1.99. The number of fused-ring (bicyclic) bond motifs is 1. The molecular weight excluding hydrogens is 194 g/mol. The number of carboxylic acids is 1. The second kappa shape index (κ2) is 3.31. The van der Waals surface area contributed by atoms with Crippen molar-refractivity contribution >= 4 is 16.9 Å². The fourth-order valence-electron chi connectivity index (χ4n) is 1.68. The van der Waals surface area contributed by atoms with Gasteiger partial charge in [0.2, 0.25) is 0 Å². The highest BCUT2D eigenvalue weighted by Gasteiger charge is 2.08. The van der Waals surface area contributed by atoms with Crippen LogP contribution in [0.3, 0.4) is 0 Å². The van der Waals surface area contributed by atoms with Gasteiger partial charge in [-0.3, -0.25) is 4.79 Å². The summed E-state index contributed by atoms with van der Waals surface area (Å²) in [7, 11) is 0.